The van der Waals surface area contributed by atoms with E-state index in [1.807, 2.05) is 57.9 Å². The Morgan fingerprint density at radius 1 is 1.03 bits per heavy atom. The van der Waals surface area contributed by atoms with Gasteiger partial charge in [-0.25, -0.2) is 9.50 Å². The third-order valence-corrected chi connectivity index (χ3v) is 6.17. The van der Waals surface area contributed by atoms with E-state index in [4.69, 9.17) is 9.84 Å². The summed E-state index contributed by atoms with van der Waals surface area (Å²) in [5, 5.41) is 14.8. The third kappa shape index (κ3) is 3.49. The topological polar surface area (TPSA) is 80.0 Å². The zero-order valence-corrected chi connectivity index (χ0v) is 17.0. The molecule has 3 heterocycles. The van der Waals surface area contributed by atoms with E-state index in [0.29, 0.717) is 31.9 Å². The average molecular weight is 420 g/mol. The number of aliphatic hydroxyl groups is 1. The summed E-state index contributed by atoms with van der Waals surface area (Å²) >= 11 is 1.50. The Bertz CT molecular complexity index is 1180. The van der Waals surface area contributed by atoms with Crippen LogP contribution in [-0.4, -0.2) is 56.8 Å². The number of fused-ring (bicyclic) bond motifs is 1. The molecule has 1 aliphatic heterocycles. The number of amides is 1. The highest BCUT2D eigenvalue weighted by atomic mass is 32.1. The van der Waals surface area contributed by atoms with E-state index in [9.17, 15) is 9.90 Å². The lowest BCUT2D eigenvalue weighted by atomic mass is 10.1. The van der Waals surface area contributed by atoms with Crippen molar-refractivity contribution in [1.29, 1.82) is 0 Å². The minimum Gasteiger partial charge on any atom is -0.392 e. The zero-order chi connectivity index (χ0) is 20.5. The monoisotopic (exact) mass is 420 g/mol. The SMILES string of the molecule is O=C(c1ccc(-c2nn3c(-c4ccc(CO)cc4)cnc3s2)cc1)N1CCOCC1. The summed E-state index contributed by atoms with van der Waals surface area (Å²) in [6.07, 6.45) is 1.81. The van der Waals surface area contributed by atoms with Crippen LogP contribution in [0.15, 0.2) is 54.7 Å². The van der Waals surface area contributed by atoms with Gasteiger partial charge in [0.1, 0.15) is 5.01 Å². The molecule has 2 aromatic heterocycles. The van der Waals surface area contributed by atoms with Crippen LogP contribution in [0.4, 0.5) is 0 Å². The average Bonchev–Trinajstić information content (AvgIpc) is 3.40. The first-order valence-corrected chi connectivity index (χ1v) is 10.6. The maximum Gasteiger partial charge on any atom is 0.254 e. The van der Waals surface area contributed by atoms with Crippen molar-refractivity contribution in [3.05, 3.63) is 65.9 Å². The van der Waals surface area contributed by atoms with Gasteiger partial charge in [-0.1, -0.05) is 47.7 Å². The molecule has 4 aromatic rings. The fourth-order valence-corrected chi connectivity index (χ4v) is 4.37. The van der Waals surface area contributed by atoms with Gasteiger partial charge >= 0.3 is 0 Å². The second-order valence-electron chi connectivity index (χ2n) is 7.08. The molecule has 0 spiro atoms. The predicted molar refractivity (Wildman–Crippen MR) is 114 cm³/mol. The number of aromatic nitrogens is 3. The van der Waals surface area contributed by atoms with Crippen LogP contribution in [0.25, 0.3) is 26.8 Å². The molecule has 8 heteroatoms. The van der Waals surface area contributed by atoms with Gasteiger partial charge in [-0.2, -0.15) is 5.10 Å². The molecule has 0 bridgehead atoms. The van der Waals surface area contributed by atoms with Crippen LogP contribution < -0.4 is 0 Å². The van der Waals surface area contributed by atoms with Gasteiger partial charge in [0.05, 0.1) is 31.7 Å². The lowest BCUT2D eigenvalue weighted by molar-refractivity contribution is 0.0303. The first-order valence-electron chi connectivity index (χ1n) is 9.75. The number of hydrogen-bond acceptors (Lipinski definition) is 6. The fourth-order valence-electron chi connectivity index (χ4n) is 3.49. The Balaban J connectivity index is 1.41. The van der Waals surface area contributed by atoms with Crippen LogP contribution >= 0.6 is 11.3 Å². The molecule has 0 atom stereocenters. The lowest BCUT2D eigenvalue weighted by Gasteiger charge is -2.26. The summed E-state index contributed by atoms with van der Waals surface area (Å²) in [4.78, 5) is 19.7. The van der Waals surface area contributed by atoms with Crippen LogP contribution in [-0.2, 0) is 11.3 Å². The summed E-state index contributed by atoms with van der Waals surface area (Å²) in [6.45, 7) is 2.47. The smallest absolute Gasteiger partial charge is 0.254 e. The number of nitrogens with zero attached hydrogens (tertiary/aromatic N) is 4. The van der Waals surface area contributed by atoms with Crippen LogP contribution in [0, 0.1) is 0 Å². The quantitative estimate of drug-likeness (QED) is 0.549. The number of ether oxygens (including phenoxy) is 1. The Kier molecular flexibility index (Phi) is 5.04. The number of imidazole rings is 1. The Hall–Kier alpha value is -3.07. The molecule has 152 valence electrons. The fraction of sp³-hybridized carbons (Fsp3) is 0.227. The second-order valence-corrected chi connectivity index (χ2v) is 8.04. The molecular formula is C22H20N4O3S. The molecule has 7 nitrogen and oxygen atoms in total. The molecule has 0 saturated carbocycles. The molecule has 1 saturated heterocycles. The lowest BCUT2D eigenvalue weighted by Crippen LogP contribution is -2.40. The van der Waals surface area contributed by atoms with E-state index in [2.05, 4.69) is 4.98 Å². The van der Waals surface area contributed by atoms with E-state index in [1.165, 1.54) is 11.3 Å². The molecule has 0 radical (unpaired) electrons. The summed E-state index contributed by atoms with van der Waals surface area (Å²) < 4.78 is 7.15. The Labute approximate surface area is 177 Å². The summed E-state index contributed by atoms with van der Waals surface area (Å²) in [7, 11) is 0. The van der Waals surface area contributed by atoms with Crippen molar-refractivity contribution < 1.29 is 14.6 Å². The number of rotatable bonds is 4. The first-order chi connectivity index (χ1) is 14.7. The summed E-state index contributed by atoms with van der Waals surface area (Å²) in [5.74, 6) is 0.0346. The van der Waals surface area contributed by atoms with Gasteiger partial charge in [-0.05, 0) is 17.7 Å². The molecule has 5 rings (SSSR count). The molecule has 1 amide bonds. The maximum absolute atomic E-state index is 12.6. The summed E-state index contributed by atoms with van der Waals surface area (Å²) in [6, 6.07) is 15.3. The number of carbonyl (C=O) groups excluding carboxylic acids is 1. The minimum atomic E-state index is 0.0208. The predicted octanol–water partition coefficient (Wildman–Crippen LogP) is 3.09. The van der Waals surface area contributed by atoms with Crippen LogP contribution in [0.1, 0.15) is 15.9 Å². The summed E-state index contributed by atoms with van der Waals surface area (Å²) in [5.41, 5.74) is 4.38. The van der Waals surface area contributed by atoms with Gasteiger partial charge in [0.15, 0.2) is 0 Å². The number of benzene rings is 2. The Morgan fingerprint density at radius 2 is 1.73 bits per heavy atom. The largest absolute Gasteiger partial charge is 0.392 e. The molecule has 30 heavy (non-hydrogen) atoms. The molecule has 1 fully saturated rings. The van der Waals surface area contributed by atoms with E-state index in [0.717, 1.165) is 32.4 Å². The Morgan fingerprint density at radius 3 is 2.43 bits per heavy atom. The molecule has 2 aromatic carbocycles. The van der Waals surface area contributed by atoms with Crippen molar-refractivity contribution in [3.8, 4) is 21.8 Å². The van der Waals surface area contributed by atoms with Crippen molar-refractivity contribution >= 4 is 22.2 Å². The zero-order valence-electron chi connectivity index (χ0n) is 16.2. The molecule has 1 aliphatic rings. The third-order valence-electron chi connectivity index (χ3n) is 5.19. The molecule has 0 aliphatic carbocycles. The van der Waals surface area contributed by atoms with E-state index >= 15 is 0 Å². The minimum absolute atomic E-state index is 0.0208. The molecule has 0 unspecified atom stereocenters. The van der Waals surface area contributed by atoms with Gasteiger partial charge in [0.25, 0.3) is 5.91 Å². The molecule has 1 N–H and O–H groups in total. The first kappa shape index (κ1) is 18.9. The maximum atomic E-state index is 12.6. The van der Waals surface area contributed by atoms with Gasteiger partial charge < -0.3 is 14.7 Å². The van der Waals surface area contributed by atoms with Crippen molar-refractivity contribution in [2.45, 2.75) is 6.61 Å². The van der Waals surface area contributed by atoms with Crippen LogP contribution in [0.2, 0.25) is 0 Å². The highest BCUT2D eigenvalue weighted by Gasteiger charge is 2.19. The highest BCUT2D eigenvalue weighted by Crippen LogP contribution is 2.29. The van der Waals surface area contributed by atoms with Crippen LogP contribution in [0.3, 0.4) is 0 Å². The second kappa shape index (κ2) is 7.98. The van der Waals surface area contributed by atoms with Crippen molar-refractivity contribution in [2.75, 3.05) is 26.3 Å². The van der Waals surface area contributed by atoms with E-state index in [-0.39, 0.29) is 12.5 Å². The normalized spacial score (nSPS) is 14.4. The van der Waals surface area contributed by atoms with Gasteiger partial charge in [0, 0.05) is 29.8 Å². The van der Waals surface area contributed by atoms with Gasteiger partial charge in [0.2, 0.25) is 4.96 Å². The number of hydrogen-bond donors (Lipinski definition) is 1. The number of aliphatic hydroxyl groups excluding tert-OH is 1. The van der Waals surface area contributed by atoms with Crippen LogP contribution in [0.5, 0.6) is 0 Å². The van der Waals surface area contributed by atoms with Crippen molar-refractivity contribution in [2.24, 2.45) is 0 Å². The van der Waals surface area contributed by atoms with Gasteiger partial charge in [-0.15, -0.1) is 0 Å². The van der Waals surface area contributed by atoms with Gasteiger partial charge in [-0.3, -0.25) is 4.79 Å². The van der Waals surface area contributed by atoms with E-state index < -0.39 is 0 Å². The number of carbonyl (C=O) groups is 1. The highest BCUT2D eigenvalue weighted by molar-refractivity contribution is 7.19. The van der Waals surface area contributed by atoms with E-state index in [1.54, 1.807) is 6.20 Å². The number of morpholine rings is 1. The standard InChI is InChI=1S/C22H20N4O3S/c27-14-15-1-3-16(4-2-15)19-13-23-22-26(19)24-20(30-22)17-5-7-18(8-6-17)21(28)25-9-11-29-12-10-25/h1-8,13,27H,9-12,14H2. The van der Waals surface area contributed by atoms with Crippen molar-refractivity contribution in [1.82, 2.24) is 19.5 Å². The molecular weight excluding hydrogens is 400 g/mol. The van der Waals surface area contributed by atoms with Crippen molar-refractivity contribution in [3.63, 3.8) is 0 Å².